The molecule has 0 bridgehead atoms. The SMILES string of the molecule is CCc1ccc(CNc2cnccc2C(N)=S)cc1. The van der Waals surface area contributed by atoms with Crippen molar-refractivity contribution in [2.24, 2.45) is 5.73 Å². The Bertz CT molecular complexity index is 564. The normalized spacial score (nSPS) is 10.2. The van der Waals surface area contributed by atoms with Crippen LogP contribution in [0, 0.1) is 0 Å². The molecule has 0 amide bonds. The number of nitrogens with zero attached hydrogens (tertiary/aromatic N) is 1. The van der Waals surface area contributed by atoms with Crippen LogP contribution in [0.25, 0.3) is 0 Å². The molecule has 1 aromatic heterocycles. The maximum Gasteiger partial charge on any atom is 0.106 e. The molecule has 98 valence electrons. The summed E-state index contributed by atoms with van der Waals surface area (Å²) in [4.78, 5) is 4.47. The molecule has 0 aliphatic rings. The van der Waals surface area contributed by atoms with Crippen molar-refractivity contribution in [3.63, 3.8) is 0 Å². The molecule has 0 radical (unpaired) electrons. The fourth-order valence-corrected chi connectivity index (χ4v) is 2.02. The summed E-state index contributed by atoms with van der Waals surface area (Å²) in [5.41, 5.74) is 9.94. The Labute approximate surface area is 118 Å². The highest BCUT2D eigenvalue weighted by Crippen LogP contribution is 2.15. The summed E-state index contributed by atoms with van der Waals surface area (Å²) in [6.07, 6.45) is 4.49. The Balaban J connectivity index is 2.07. The fraction of sp³-hybridized carbons (Fsp3) is 0.200. The van der Waals surface area contributed by atoms with E-state index in [-0.39, 0.29) is 0 Å². The Morgan fingerprint density at radius 3 is 2.53 bits per heavy atom. The smallest absolute Gasteiger partial charge is 0.106 e. The molecule has 0 atom stereocenters. The van der Waals surface area contributed by atoms with Crippen LogP contribution in [0.3, 0.4) is 0 Å². The Morgan fingerprint density at radius 1 is 1.21 bits per heavy atom. The van der Waals surface area contributed by atoms with Gasteiger partial charge in [-0.05, 0) is 23.6 Å². The van der Waals surface area contributed by atoms with Gasteiger partial charge in [-0.2, -0.15) is 0 Å². The highest BCUT2D eigenvalue weighted by Gasteiger charge is 2.04. The quantitative estimate of drug-likeness (QED) is 0.821. The molecule has 1 heterocycles. The number of anilines is 1. The van der Waals surface area contributed by atoms with Gasteiger partial charge in [-0.3, -0.25) is 4.98 Å². The van der Waals surface area contributed by atoms with E-state index in [1.54, 1.807) is 12.4 Å². The first-order valence-electron chi connectivity index (χ1n) is 6.26. The van der Waals surface area contributed by atoms with Crippen LogP contribution in [0.4, 0.5) is 5.69 Å². The predicted octanol–water partition coefficient (Wildman–Crippen LogP) is 2.89. The molecule has 0 spiro atoms. The number of hydrogen-bond acceptors (Lipinski definition) is 3. The van der Waals surface area contributed by atoms with Crippen molar-refractivity contribution in [3.8, 4) is 0 Å². The first-order valence-corrected chi connectivity index (χ1v) is 6.67. The molecule has 4 heteroatoms. The van der Waals surface area contributed by atoms with Crippen LogP contribution in [0.15, 0.2) is 42.7 Å². The Kier molecular flexibility index (Phi) is 4.47. The van der Waals surface area contributed by atoms with Gasteiger partial charge in [0.25, 0.3) is 0 Å². The molecule has 0 fully saturated rings. The lowest BCUT2D eigenvalue weighted by Crippen LogP contribution is -2.13. The monoisotopic (exact) mass is 271 g/mol. The highest BCUT2D eigenvalue weighted by atomic mass is 32.1. The van der Waals surface area contributed by atoms with E-state index in [0.717, 1.165) is 24.2 Å². The van der Waals surface area contributed by atoms with Gasteiger partial charge in [-0.15, -0.1) is 0 Å². The fourth-order valence-electron chi connectivity index (χ4n) is 1.84. The summed E-state index contributed by atoms with van der Waals surface area (Å²) in [5, 5.41) is 3.32. The standard InChI is InChI=1S/C15H17N3S/c1-2-11-3-5-12(6-4-11)9-18-14-10-17-8-7-13(14)15(16)19/h3-8,10,18H,2,9H2,1H3,(H2,16,19). The van der Waals surface area contributed by atoms with E-state index >= 15 is 0 Å². The maximum atomic E-state index is 5.69. The lowest BCUT2D eigenvalue weighted by Gasteiger charge is -2.10. The van der Waals surface area contributed by atoms with Crippen molar-refractivity contribution < 1.29 is 0 Å². The van der Waals surface area contributed by atoms with E-state index < -0.39 is 0 Å². The highest BCUT2D eigenvalue weighted by molar-refractivity contribution is 7.80. The molecular weight excluding hydrogens is 254 g/mol. The zero-order chi connectivity index (χ0) is 13.7. The Morgan fingerprint density at radius 2 is 1.89 bits per heavy atom. The number of rotatable bonds is 5. The molecule has 2 rings (SSSR count). The number of benzene rings is 1. The van der Waals surface area contributed by atoms with Crippen LogP contribution >= 0.6 is 12.2 Å². The van der Waals surface area contributed by atoms with E-state index in [9.17, 15) is 0 Å². The van der Waals surface area contributed by atoms with E-state index in [1.807, 2.05) is 6.07 Å². The first kappa shape index (κ1) is 13.5. The van der Waals surface area contributed by atoms with Gasteiger partial charge in [-0.25, -0.2) is 0 Å². The molecule has 2 aromatic rings. The van der Waals surface area contributed by atoms with Gasteiger partial charge in [0.15, 0.2) is 0 Å². The molecular formula is C15H17N3S. The molecule has 0 unspecified atom stereocenters. The largest absolute Gasteiger partial charge is 0.389 e. The minimum atomic E-state index is 0.381. The second kappa shape index (κ2) is 6.29. The molecule has 1 aromatic carbocycles. The van der Waals surface area contributed by atoms with Gasteiger partial charge >= 0.3 is 0 Å². The predicted molar refractivity (Wildman–Crippen MR) is 83.3 cm³/mol. The summed E-state index contributed by atoms with van der Waals surface area (Å²) in [5.74, 6) is 0. The van der Waals surface area contributed by atoms with Gasteiger partial charge in [0, 0.05) is 18.3 Å². The topological polar surface area (TPSA) is 50.9 Å². The minimum absolute atomic E-state index is 0.381. The number of pyridine rings is 1. The summed E-state index contributed by atoms with van der Waals surface area (Å²) in [7, 11) is 0. The zero-order valence-electron chi connectivity index (χ0n) is 10.9. The number of nitrogens with two attached hydrogens (primary N) is 1. The minimum Gasteiger partial charge on any atom is -0.389 e. The van der Waals surface area contributed by atoms with Crippen LogP contribution < -0.4 is 11.1 Å². The molecule has 3 nitrogen and oxygen atoms in total. The summed E-state index contributed by atoms with van der Waals surface area (Å²) < 4.78 is 0. The number of nitrogens with one attached hydrogen (secondary N) is 1. The average Bonchev–Trinajstić information content (AvgIpc) is 2.46. The van der Waals surface area contributed by atoms with Gasteiger partial charge in [0.2, 0.25) is 0 Å². The van der Waals surface area contributed by atoms with Crippen LogP contribution in [-0.2, 0) is 13.0 Å². The lowest BCUT2D eigenvalue weighted by molar-refractivity contribution is 1.10. The second-order valence-corrected chi connectivity index (χ2v) is 4.75. The van der Waals surface area contributed by atoms with Crippen LogP contribution in [0.2, 0.25) is 0 Å². The third kappa shape index (κ3) is 3.51. The van der Waals surface area contributed by atoms with E-state index in [4.69, 9.17) is 18.0 Å². The molecule has 19 heavy (non-hydrogen) atoms. The van der Waals surface area contributed by atoms with E-state index in [0.29, 0.717) is 4.99 Å². The first-order chi connectivity index (χ1) is 9.20. The van der Waals surface area contributed by atoms with Gasteiger partial charge in [-0.1, -0.05) is 43.4 Å². The molecule has 0 saturated heterocycles. The zero-order valence-corrected chi connectivity index (χ0v) is 11.7. The van der Waals surface area contributed by atoms with Gasteiger partial charge < -0.3 is 11.1 Å². The van der Waals surface area contributed by atoms with E-state index in [2.05, 4.69) is 41.5 Å². The molecule has 0 aliphatic carbocycles. The summed E-state index contributed by atoms with van der Waals surface area (Å²) in [6.45, 7) is 2.88. The number of aryl methyl sites for hydroxylation is 1. The third-order valence-corrected chi connectivity index (χ3v) is 3.22. The van der Waals surface area contributed by atoms with Gasteiger partial charge in [0.05, 0.1) is 11.9 Å². The van der Waals surface area contributed by atoms with Gasteiger partial charge in [0.1, 0.15) is 4.99 Å². The van der Waals surface area contributed by atoms with E-state index in [1.165, 1.54) is 11.1 Å². The van der Waals surface area contributed by atoms with Crippen molar-refractivity contribution in [3.05, 3.63) is 59.4 Å². The number of hydrogen-bond donors (Lipinski definition) is 2. The van der Waals surface area contributed by atoms with Crippen molar-refractivity contribution in [1.29, 1.82) is 0 Å². The average molecular weight is 271 g/mol. The summed E-state index contributed by atoms with van der Waals surface area (Å²) in [6, 6.07) is 10.4. The molecule has 0 saturated carbocycles. The maximum absolute atomic E-state index is 5.69. The molecule has 3 N–H and O–H groups in total. The summed E-state index contributed by atoms with van der Waals surface area (Å²) >= 11 is 5.02. The Hall–Kier alpha value is -1.94. The number of aromatic nitrogens is 1. The molecule has 0 aliphatic heterocycles. The second-order valence-electron chi connectivity index (χ2n) is 4.31. The van der Waals surface area contributed by atoms with Crippen molar-refractivity contribution >= 4 is 22.9 Å². The third-order valence-electron chi connectivity index (χ3n) is 3.00. The number of thiocarbonyl (C=S) groups is 1. The lowest BCUT2D eigenvalue weighted by atomic mass is 10.1. The van der Waals surface area contributed by atoms with Crippen LogP contribution in [0.1, 0.15) is 23.6 Å². The van der Waals surface area contributed by atoms with Crippen molar-refractivity contribution in [2.45, 2.75) is 19.9 Å². The van der Waals surface area contributed by atoms with Crippen molar-refractivity contribution in [2.75, 3.05) is 5.32 Å². The van der Waals surface area contributed by atoms with Crippen molar-refractivity contribution in [1.82, 2.24) is 4.98 Å². The van der Waals surface area contributed by atoms with Crippen LogP contribution in [0.5, 0.6) is 0 Å². The van der Waals surface area contributed by atoms with Crippen LogP contribution in [-0.4, -0.2) is 9.97 Å².